The van der Waals surface area contributed by atoms with E-state index in [1.807, 2.05) is 0 Å². The minimum absolute atomic E-state index is 0.0617. The summed E-state index contributed by atoms with van der Waals surface area (Å²) in [5, 5.41) is 2.10. The summed E-state index contributed by atoms with van der Waals surface area (Å²) in [7, 11) is 2.82. The number of hydrogen-bond acceptors (Lipinski definition) is 4. The number of thiophene rings is 1. The van der Waals surface area contributed by atoms with Crippen LogP contribution >= 0.6 is 22.9 Å². The van der Waals surface area contributed by atoms with Gasteiger partial charge in [0.05, 0.1) is 9.90 Å². The maximum Gasteiger partial charge on any atom is 0.330 e. The quantitative estimate of drug-likeness (QED) is 0.786. The third-order valence-electron chi connectivity index (χ3n) is 2.80. The zero-order valence-corrected chi connectivity index (χ0v) is 12.1. The van der Waals surface area contributed by atoms with Crippen molar-refractivity contribution < 1.29 is 4.79 Å². The van der Waals surface area contributed by atoms with E-state index in [0.29, 0.717) is 9.90 Å². The average Bonchev–Trinajstić information content (AvgIpc) is 2.71. The molecule has 0 saturated carbocycles. The molecule has 0 fully saturated rings. The number of aromatic nitrogens is 2. The highest BCUT2D eigenvalue weighted by molar-refractivity contribution is 7.13. The van der Waals surface area contributed by atoms with Crippen molar-refractivity contribution in [3.8, 4) is 0 Å². The Morgan fingerprint density at radius 2 is 1.95 bits per heavy atom. The topological polar surface area (TPSA) is 61.1 Å². The Hall–Kier alpha value is -1.66. The van der Waals surface area contributed by atoms with Gasteiger partial charge in [-0.05, 0) is 17.9 Å². The Kier molecular flexibility index (Phi) is 3.47. The predicted molar refractivity (Wildman–Crippen MR) is 74.4 cm³/mol. The summed E-state index contributed by atoms with van der Waals surface area (Å²) in [6.45, 7) is 1.79. The van der Waals surface area contributed by atoms with E-state index in [0.717, 1.165) is 10.1 Å². The van der Waals surface area contributed by atoms with Crippen molar-refractivity contribution in [3.05, 3.63) is 53.4 Å². The van der Waals surface area contributed by atoms with E-state index in [1.54, 1.807) is 12.3 Å². The van der Waals surface area contributed by atoms with E-state index in [9.17, 15) is 14.4 Å². The molecule has 0 amide bonds. The fraction of sp³-hybridized carbons (Fsp3) is 0.250. The largest absolute Gasteiger partial charge is 0.330 e. The van der Waals surface area contributed by atoms with Crippen LogP contribution < -0.4 is 11.2 Å². The number of nitrogens with zero attached hydrogens (tertiary/aromatic N) is 2. The molecule has 0 aromatic carbocycles. The lowest BCUT2D eigenvalue weighted by molar-refractivity contribution is 0.103. The summed E-state index contributed by atoms with van der Waals surface area (Å²) in [6.07, 6.45) is 1.25. The van der Waals surface area contributed by atoms with Gasteiger partial charge in [-0.2, -0.15) is 0 Å². The second-order valence-electron chi connectivity index (χ2n) is 4.19. The molecular weight excluding hydrogens is 288 g/mol. The first-order valence-electron chi connectivity index (χ1n) is 5.39. The molecule has 2 heterocycles. The van der Waals surface area contributed by atoms with Crippen LogP contribution in [0.2, 0.25) is 5.02 Å². The second kappa shape index (κ2) is 4.79. The van der Waals surface area contributed by atoms with E-state index < -0.39 is 17.0 Å². The minimum atomic E-state index is -0.616. The van der Waals surface area contributed by atoms with Gasteiger partial charge >= 0.3 is 5.69 Å². The van der Waals surface area contributed by atoms with Crippen molar-refractivity contribution in [2.45, 2.75) is 6.92 Å². The Balaban J connectivity index is 2.67. The normalized spacial score (nSPS) is 10.7. The van der Waals surface area contributed by atoms with Gasteiger partial charge in [-0.15, -0.1) is 11.3 Å². The molecule has 2 aromatic rings. The fourth-order valence-corrected chi connectivity index (χ4v) is 2.90. The van der Waals surface area contributed by atoms with Gasteiger partial charge in [0.2, 0.25) is 5.78 Å². The molecule has 0 saturated heterocycles. The van der Waals surface area contributed by atoms with Crippen molar-refractivity contribution in [1.82, 2.24) is 9.13 Å². The summed E-state index contributed by atoms with van der Waals surface area (Å²) < 4.78 is 2.10. The van der Waals surface area contributed by atoms with Gasteiger partial charge in [0.25, 0.3) is 5.56 Å². The van der Waals surface area contributed by atoms with Crippen molar-refractivity contribution in [2.24, 2.45) is 14.1 Å². The molecular formula is C12H11ClN2O3S. The number of ketones is 1. The highest BCUT2D eigenvalue weighted by Gasteiger charge is 2.21. The van der Waals surface area contributed by atoms with E-state index >= 15 is 0 Å². The van der Waals surface area contributed by atoms with Crippen LogP contribution in [0.25, 0.3) is 0 Å². The van der Waals surface area contributed by atoms with E-state index in [2.05, 4.69) is 0 Å². The molecule has 0 radical (unpaired) electrons. The van der Waals surface area contributed by atoms with Crippen molar-refractivity contribution in [2.75, 3.05) is 0 Å². The van der Waals surface area contributed by atoms with Gasteiger partial charge < -0.3 is 4.57 Å². The molecule has 0 aliphatic rings. The van der Waals surface area contributed by atoms with Crippen LogP contribution in [-0.4, -0.2) is 14.9 Å². The molecule has 100 valence electrons. The average molecular weight is 299 g/mol. The summed E-state index contributed by atoms with van der Waals surface area (Å²) in [4.78, 5) is 36.2. The smallest absolute Gasteiger partial charge is 0.303 e. The fourth-order valence-electron chi connectivity index (χ4n) is 1.67. The molecule has 0 atom stereocenters. The van der Waals surface area contributed by atoms with Gasteiger partial charge in [-0.1, -0.05) is 11.6 Å². The summed E-state index contributed by atoms with van der Waals surface area (Å²) in [6, 6.07) is 0. The van der Waals surface area contributed by atoms with E-state index in [1.165, 1.54) is 36.2 Å². The maximum atomic E-state index is 12.3. The molecule has 0 bridgehead atoms. The summed E-state index contributed by atoms with van der Waals surface area (Å²) >= 11 is 7.22. The van der Waals surface area contributed by atoms with Crippen molar-refractivity contribution >= 4 is 28.7 Å². The Bertz CT molecular complexity index is 785. The predicted octanol–water partition coefficient (Wildman–Crippen LogP) is 1.34. The lowest BCUT2D eigenvalue weighted by Gasteiger charge is -2.05. The van der Waals surface area contributed by atoms with E-state index in [-0.39, 0.29) is 5.56 Å². The van der Waals surface area contributed by atoms with Crippen molar-refractivity contribution in [1.29, 1.82) is 0 Å². The summed E-state index contributed by atoms with van der Waals surface area (Å²) in [5.41, 5.74) is -0.366. The number of halogens is 1. The second-order valence-corrected chi connectivity index (χ2v) is 5.45. The zero-order valence-electron chi connectivity index (χ0n) is 10.6. The monoisotopic (exact) mass is 298 g/mol. The summed E-state index contributed by atoms with van der Waals surface area (Å²) in [5.74, 6) is -0.459. The van der Waals surface area contributed by atoms with Gasteiger partial charge in [0.15, 0.2) is 0 Å². The zero-order chi connectivity index (χ0) is 14.3. The third-order valence-corrected chi connectivity index (χ3v) is 4.49. The maximum absolute atomic E-state index is 12.3. The molecule has 5 nitrogen and oxygen atoms in total. The molecule has 0 unspecified atom stereocenters. The molecule has 0 aliphatic carbocycles. The number of hydrogen-bond donors (Lipinski definition) is 0. The molecule has 2 rings (SSSR count). The van der Waals surface area contributed by atoms with Crippen LogP contribution in [0.1, 0.15) is 20.8 Å². The Morgan fingerprint density at radius 1 is 1.32 bits per heavy atom. The standard InChI is InChI=1S/C12H11ClN2O3S/c1-6-5-19-10(8(6)13)9(16)7-4-14(2)12(18)15(3)11(7)17/h4-5H,1-3H3. The van der Waals surface area contributed by atoms with Gasteiger partial charge in [0, 0.05) is 20.3 Å². The van der Waals surface area contributed by atoms with E-state index in [4.69, 9.17) is 11.6 Å². The van der Waals surface area contributed by atoms with Crippen LogP contribution in [0, 0.1) is 6.92 Å². The number of aryl methyl sites for hydroxylation is 2. The first-order chi connectivity index (χ1) is 8.84. The number of carbonyl (C=O) groups excluding carboxylic acids is 1. The molecule has 7 heteroatoms. The first-order valence-corrected chi connectivity index (χ1v) is 6.65. The minimum Gasteiger partial charge on any atom is -0.303 e. The lowest BCUT2D eigenvalue weighted by Crippen LogP contribution is -2.39. The van der Waals surface area contributed by atoms with Crippen molar-refractivity contribution in [3.63, 3.8) is 0 Å². The molecule has 0 spiro atoms. The van der Waals surface area contributed by atoms with Crippen LogP contribution in [0.15, 0.2) is 21.2 Å². The number of carbonyl (C=O) groups is 1. The van der Waals surface area contributed by atoms with Gasteiger partial charge in [0.1, 0.15) is 5.56 Å². The van der Waals surface area contributed by atoms with Crippen LogP contribution in [0.3, 0.4) is 0 Å². The van der Waals surface area contributed by atoms with Crippen LogP contribution in [0.5, 0.6) is 0 Å². The van der Waals surface area contributed by atoms with Crippen LogP contribution in [0.4, 0.5) is 0 Å². The third kappa shape index (κ3) is 2.17. The highest BCUT2D eigenvalue weighted by atomic mass is 35.5. The Morgan fingerprint density at radius 3 is 2.47 bits per heavy atom. The van der Waals surface area contributed by atoms with Gasteiger partial charge in [-0.25, -0.2) is 4.79 Å². The highest BCUT2D eigenvalue weighted by Crippen LogP contribution is 2.28. The SMILES string of the molecule is Cc1csc(C(=O)c2cn(C)c(=O)n(C)c2=O)c1Cl. The molecule has 0 N–H and O–H groups in total. The number of rotatable bonds is 2. The molecule has 2 aromatic heterocycles. The Labute approximate surface area is 117 Å². The first kappa shape index (κ1) is 13.8. The lowest BCUT2D eigenvalue weighted by atomic mass is 10.1. The van der Waals surface area contributed by atoms with Crippen LogP contribution in [-0.2, 0) is 14.1 Å². The molecule has 19 heavy (non-hydrogen) atoms. The van der Waals surface area contributed by atoms with Gasteiger partial charge in [-0.3, -0.25) is 14.2 Å². The molecule has 0 aliphatic heterocycles.